The van der Waals surface area contributed by atoms with Crippen molar-refractivity contribution < 1.29 is 18.3 Å². The van der Waals surface area contributed by atoms with E-state index in [1.165, 1.54) is 28.8 Å². The lowest BCUT2D eigenvalue weighted by molar-refractivity contribution is -0.136. The predicted octanol–water partition coefficient (Wildman–Crippen LogP) is 4.43. The molecule has 0 bridgehead atoms. The Morgan fingerprint density at radius 3 is 2.38 bits per heavy atom. The first-order chi connectivity index (χ1) is 12.1. The topological polar surface area (TPSA) is 70.9 Å². The highest BCUT2D eigenvalue weighted by atomic mass is 32.1. The monoisotopic (exact) mass is 381 g/mol. The number of pyridine rings is 1. The van der Waals surface area contributed by atoms with Crippen LogP contribution in [-0.2, 0) is 6.18 Å². The molecule has 9 heteroatoms. The van der Waals surface area contributed by atoms with E-state index in [1.807, 2.05) is 0 Å². The van der Waals surface area contributed by atoms with Gasteiger partial charge in [-0.05, 0) is 56.4 Å². The summed E-state index contributed by atoms with van der Waals surface area (Å²) in [5.41, 5.74) is -1.75. The zero-order chi connectivity index (χ0) is 19.2. The summed E-state index contributed by atoms with van der Waals surface area (Å²) in [6.07, 6.45) is -4.75. The van der Waals surface area contributed by atoms with Gasteiger partial charge in [-0.15, -0.1) is 0 Å². The molecule has 26 heavy (non-hydrogen) atoms. The van der Waals surface area contributed by atoms with Gasteiger partial charge in [-0.3, -0.25) is 14.3 Å². The average molecular weight is 381 g/mol. The maximum atomic E-state index is 13.6. The van der Waals surface area contributed by atoms with Crippen molar-refractivity contribution in [1.29, 1.82) is 0 Å². The Bertz CT molecular complexity index is 1100. The number of H-pyrrole nitrogens is 1. The highest BCUT2D eigenvalue weighted by Crippen LogP contribution is 2.36. The Kier molecular flexibility index (Phi) is 4.35. The smallest absolute Gasteiger partial charge is 0.417 e. The van der Waals surface area contributed by atoms with Gasteiger partial charge in [0.15, 0.2) is 4.77 Å². The molecule has 136 valence electrons. The van der Waals surface area contributed by atoms with Gasteiger partial charge in [0.2, 0.25) is 0 Å². The number of alkyl halides is 3. The van der Waals surface area contributed by atoms with Gasteiger partial charge in [-0.1, -0.05) is 0 Å². The number of phenolic OH excluding ortho intramolecular Hbond substituents is 1. The minimum atomic E-state index is -4.75. The first-order valence-electron chi connectivity index (χ1n) is 7.65. The van der Waals surface area contributed by atoms with Crippen molar-refractivity contribution in [2.45, 2.75) is 26.1 Å². The van der Waals surface area contributed by atoms with Crippen molar-refractivity contribution in [3.05, 3.63) is 51.0 Å². The average Bonchev–Trinajstić information content (AvgIpc) is 2.53. The van der Waals surface area contributed by atoms with Crippen molar-refractivity contribution in [1.82, 2.24) is 14.5 Å². The highest BCUT2D eigenvalue weighted by Gasteiger charge is 2.35. The first kappa shape index (κ1) is 18.1. The van der Waals surface area contributed by atoms with Crippen LogP contribution in [0.25, 0.3) is 22.3 Å². The standard InChI is InChI=1S/C17H14F3N3O2S/c1-8(2)23-14-13(15(25)22-16(23)26)11(17(18,19)20)7-12(21-14)9-3-5-10(24)6-4-9/h3-8,24H,1-2H3,(H,22,25,26). The van der Waals surface area contributed by atoms with Crippen molar-refractivity contribution in [3.63, 3.8) is 0 Å². The van der Waals surface area contributed by atoms with E-state index >= 15 is 0 Å². The third kappa shape index (κ3) is 3.10. The number of fused-ring (bicyclic) bond motifs is 1. The summed E-state index contributed by atoms with van der Waals surface area (Å²) in [6, 6.07) is 6.11. The molecule has 1 aromatic carbocycles. The minimum absolute atomic E-state index is 0.000908. The van der Waals surface area contributed by atoms with Crippen LogP contribution in [0.3, 0.4) is 0 Å². The molecule has 2 aromatic heterocycles. The van der Waals surface area contributed by atoms with Crippen LogP contribution in [0.4, 0.5) is 13.2 Å². The molecule has 0 fully saturated rings. The Hall–Kier alpha value is -2.68. The van der Waals surface area contributed by atoms with Crippen molar-refractivity contribution in [3.8, 4) is 17.0 Å². The molecule has 0 saturated heterocycles. The quantitative estimate of drug-likeness (QED) is 0.645. The van der Waals surface area contributed by atoms with E-state index in [4.69, 9.17) is 12.2 Å². The Balaban J connectivity index is 2.50. The summed E-state index contributed by atoms with van der Waals surface area (Å²) < 4.78 is 42.3. The van der Waals surface area contributed by atoms with Crippen LogP contribution in [0.5, 0.6) is 5.75 Å². The third-order valence-corrected chi connectivity index (χ3v) is 4.18. The van der Waals surface area contributed by atoms with E-state index in [2.05, 4.69) is 9.97 Å². The number of hydrogen-bond acceptors (Lipinski definition) is 4. The predicted molar refractivity (Wildman–Crippen MR) is 93.7 cm³/mol. The van der Waals surface area contributed by atoms with Gasteiger partial charge in [-0.25, -0.2) is 4.98 Å². The number of rotatable bonds is 2. The van der Waals surface area contributed by atoms with E-state index < -0.39 is 22.7 Å². The molecule has 3 rings (SSSR count). The van der Waals surface area contributed by atoms with E-state index in [1.54, 1.807) is 13.8 Å². The fourth-order valence-corrected chi connectivity index (χ4v) is 3.12. The highest BCUT2D eigenvalue weighted by molar-refractivity contribution is 7.71. The Labute approximate surface area is 150 Å². The van der Waals surface area contributed by atoms with Gasteiger partial charge in [0.05, 0.1) is 16.6 Å². The Morgan fingerprint density at radius 2 is 1.85 bits per heavy atom. The van der Waals surface area contributed by atoms with Crippen LogP contribution in [0.15, 0.2) is 35.1 Å². The molecule has 0 aliphatic heterocycles. The molecular formula is C17H14F3N3O2S. The van der Waals surface area contributed by atoms with Crippen molar-refractivity contribution in [2.24, 2.45) is 0 Å². The summed E-state index contributed by atoms with van der Waals surface area (Å²) in [6.45, 7) is 3.46. The van der Waals surface area contributed by atoms with Crippen LogP contribution >= 0.6 is 12.2 Å². The van der Waals surface area contributed by atoms with E-state index in [0.717, 1.165) is 6.07 Å². The third-order valence-electron chi connectivity index (χ3n) is 3.88. The number of aromatic hydroxyl groups is 1. The summed E-state index contributed by atoms with van der Waals surface area (Å²) in [5, 5.41) is 8.83. The number of phenols is 1. The van der Waals surface area contributed by atoms with Crippen molar-refractivity contribution >= 4 is 23.3 Å². The van der Waals surface area contributed by atoms with Gasteiger partial charge in [0.1, 0.15) is 11.4 Å². The lowest BCUT2D eigenvalue weighted by Crippen LogP contribution is -2.21. The molecule has 0 atom stereocenters. The second kappa shape index (κ2) is 6.24. The SMILES string of the molecule is CC(C)n1c(=S)[nH]c(=O)c2c(C(F)(F)F)cc(-c3ccc(O)cc3)nc21. The molecule has 0 aliphatic carbocycles. The summed E-state index contributed by atoms with van der Waals surface area (Å²) in [5.74, 6) is -0.0212. The van der Waals surface area contributed by atoms with Gasteiger partial charge < -0.3 is 5.11 Å². The van der Waals surface area contributed by atoms with Gasteiger partial charge in [-0.2, -0.15) is 13.2 Å². The lowest BCUT2D eigenvalue weighted by Gasteiger charge is -2.18. The van der Waals surface area contributed by atoms with Crippen LogP contribution in [0.2, 0.25) is 0 Å². The second-order valence-corrected chi connectivity index (χ2v) is 6.41. The zero-order valence-corrected chi connectivity index (χ0v) is 14.6. The molecule has 0 spiro atoms. The zero-order valence-electron chi connectivity index (χ0n) is 13.8. The number of hydrogen-bond donors (Lipinski definition) is 2. The molecule has 2 N–H and O–H groups in total. The molecule has 0 unspecified atom stereocenters. The molecule has 0 saturated carbocycles. The number of nitrogens with one attached hydrogen (secondary N) is 1. The number of aromatic nitrogens is 3. The molecule has 5 nitrogen and oxygen atoms in total. The number of benzene rings is 1. The van der Waals surface area contributed by atoms with Crippen LogP contribution in [0.1, 0.15) is 25.5 Å². The Morgan fingerprint density at radius 1 is 1.23 bits per heavy atom. The lowest BCUT2D eigenvalue weighted by atomic mass is 10.1. The van der Waals surface area contributed by atoms with Crippen molar-refractivity contribution in [2.75, 3.05) is 0 Å². The fourth-order valence-electron chi connectivity index (χ4n) is 2.73. The van der Waals surface area contributed by atoms with E-state index in [9.17, 15) is 23.1 Å². The molecule has 0 amide bonds. The summed E-state index contributed by atoms with van der Waals surface area (Å²) in [4.78, 5) is 18.8. The van der Waals surface area contributed by atoms with Gasteiger partial charge >= 0.3 is 6.18 Å². The molecule has 0 radical (unpaired) electrons. The molecular weight excluding hydrogens is 367 g/mol. The number of nitrogens with zero attached hydrogens (tertiary/aromatic N) is 2. The van der Waals surface area contributed by atoms with Crippen LogP contribution in [0, 0.1) is 4.77 Å². The van der Waals surface area contributed by atoms with E-state index in [0.29, 0.717) is 5.56 Å². The summed E-state index contributed by atoms with van der Waals surface area (Å²) >= 11 is 5.11. The van der Waals surface area contributed by atoms with Crippen LogP contribution in [-0.4, -0.2) is 19.6 Å². The molecule has 3 aromatic rings. The van der Waals surface area contributed by atoms with E-state index in [-0.39, 0.29) is 27.9 Å². The second-order valence-electron chi connectivity index (χ2n) is 6.02. The first-order valence-corrected chi connectivity index (χ1v) is 8.06. The minimum Gasteiger partial charge on any atom is -0.508 e. The maximum Gasteiger partial charge on any atom is 0.417 e. The van der Waals surface area contributed by atoms with Crippen LogP contribution < -0.4 is 5.56 Å². The number of halogens is 3. The normalized spacial score (nSPS) is 12.1. The number of aromatic amines is 1. The van der Waals surface area contributed by atoms with Gasteiger partial charge in [0, 0.05) is 11.6 Å². The summed E-state index contributed by atoms with van der Waals surface area (Å²) in [7, 11) is 0. The fraction of sp³-hybridized carbons (Fsp3) is 0.235. The van der Waals surface area contributed by atoms with Gasteiger partial charge in [0.25, 0.3) is 5.56 Å². The molecule has 2 heterocycles. The molecule has 0 aliphatic rings. The maximum absolute atomic E-state index is 13.6. The largest absolute Gasteiger partial charge is 0.508 e.